The summed E-state index contributed by atoms with van der Waals surface area (Å²) in [7, 11) is 1.54. The van der Waals surface area contributed by atoms with Gasteiger partial charge in [0.1, 0.15) is 0 Å². The first-order valence-corrected chi connectivity index (χ1v) is 8.96. The number of carbonyl (C=O) groups is 2. The van der Waals surface area contributed by atoms with E-state index in [4.69, 9.17) is 0 Å². The Hall–Kier alpha value is -2.05. The topological polar surface area (TPSA) is 40.6 Å². The fraction of sp³-hybridized carbons (Fsp3) is 0.579. The highest BCUT2D eigenvalue weighted by Crippen LogP contribution is 2.34. The van der Waals surface area contributed by atoms with E-state index in [9.17, 15) is 22.8 Å². The van der Waals surface area contributed by atoms with Gasteiger partial charge in [0.15, 0.2) is 0 Å². The highest BCUT2D eigenvalue weighted by Gasteiger charge is 2.37. The number of hydrogen-bond donors (Lipinski definition) is 0. The molecule has 1 aliphatic heterocycles. The predicted molar refractivity (Wildman–Crippen MR) is 89.9 cm³/mol. The third-order valence-electron chi connectivity index (χ3n) is 5.19. The molecular formula is C19H23F3N2O2. The second kappa shape index (κ2) is 7.29. The Kier molecular flexibility index (Phi) is 5.25. The van der Waals surface area contributed by atoms with Crippen LogP contribution in [0.15, 0.2) is 24.3 Å². The minimum absolute atomic E-state index is 0.0737. The Balaban J connectivity index is 1.58. The number of hydrogen-bond acceptors (Lipinski definition) is 2. The molecule has 2 fully saturated rings. The van der Waals surface area contributed by atoms with Crippen LogP contribution in [-0.2, 0) is 22.3 Å². The van der Waals surface area contributed by atoms with Gasteiger partial charge in [-0.25, -0.2) is 0 Å². The third kappa shape index (κ3) is 4.19. The van der Waals surface area contributed by atoms with E-state index in [1.54, 1.807) is 6.07 Å². The Morgan fingerprint density at radius 1 is 1.08 bits per heavy atom. The molecule has 0 aromatic heterocycles. The van der Waals surface area contributed by atoms with E-state index in [-0.39, 0.29) is 35.8 Å². The van der Waals surface area contributed by atoms with Gasteiger partial charge in [0, 0.05) is 38.5 Å². The quantitative estimate of drug-likeness (QED) is 0.818. The van der Waals surface area contributed by atoms with Gasteiger partial charge in [0.25, 0.3) is 0 Å². The lowest BCUT2D eigenvalue weighted by atomic mass is 9.94. The average molecular weight is 368 g/mol. The second-order valence-electron chi connectivity index (χ2n) is 7.22. The summed E-state index contributed by atoms with van der Waals surface area (Å²) in [5.41, 5.74) is -0.610. The summed E-state index contributed by atoms with van der Waals surface area (Å²) in [6.07, 6.45) is -1.38. The van der Waals surface area contributed by atoms with Gasteiger partial charge in [0.2, 0.25) is 11.8 Å². The maximum atomic E-state index is 13.1. The number of rotatable bonds is 4. The molecule has 1 saturated carbocycles. The van der Waals surface area contributed by atoms with Gasteiger partial charge in [-0.15, -0.1) is 0 Å². The molecule has 1 saturated heterocycles. The molecule has 0 atom stereocenters. The number of carbonyl (C=O) groups excluding carboxylic acids is 2. The van der Waals surface area contributed by atoms with E-state index in [2.05, 4.69) is 0 Å². The van der Waals surface area contributed by atoms with Crippen molar-refractivity contribution in [1.82, 2.24) is 9.80 Å². The average Bonchev–Trinajstić information content (AvgIpc) is 3.45. The molecule has 2 amide bonds. The van der Waals surface area contributed by atoms with Crippen LogP contribution in [0.3, 0.4) is 0 Å². The molecular weight excluding hydrogens is 345 g/mol. The van der Waals surface area contributed by atoms with Gasteiger partial charge in [0.05, 0.1) is 5.56 Å². The summed E-state index contributed by atoms with van der Waals surface area (Å²) in [6, 6.07) is 5.34. The third-order valence-corrected chi connectivity index (χ3v) is 5.19. The van der Waals surface area contributed by atoms with Crippen LogP contribution in [0.4, 0.5) is 13.2 Å². The monoisotopic (exact) mass is 368 g/mol. The van der Waals surface area contributed by atoms with Crippen molar-refractivity contribution in [2.24, 2.45) is 11.8 Å². The van der Waals surface area contributed by atoms with Crippen molar-refractivity contribution >= 4 is 11.8 Å². The molecule has 0 spiro atoms. The molecule has 0 radical (unpaired) electrons. The van der Waals surface area contributed by atoms with Crippen LogP contribution in [0, 0.1) is 11.8 Å². The highest BCUT2D eigenvalue weighted by atomic mass is 19.4. The minimum atomic E-state index is -4.44. The number of halogens is 3. The summed E-state index contributed by atoms with van der Waals surface area (Å²) >= 11 is 0. The van der Waals surface area contributed by atoms with Gasteiger partial charge < -0.3 is 9.80 Å². The van der Waals surface area contributed by atoms with Crippen LogP contribution >= 0.6 is 0 Å². The standard InChI is InChI=1S/C19H23F3N2O2/c1-23(12-15-4-2-3-5-16(15)19(20,21)22)17(25)14-8-10-24(11-9-14)18(26)13-6-7-13/h2-5,13-14H,6-12H2,1H3. The Bertz CT molecular complexity index is 678. The lowest BCUT2D eigenvalue weighted by Crippen LogP contribution is -2.43. The summed E-state index contributed by atoms with van der Waals surface area (Å²) in [6.45, 7) is 1.03. The molecule has 142 valence electrons. The molecule has 1 aromatic rings. The van der Waals surface area contributed by atoms with Crippen molar-refractivity contribution in [3.8, 4) is 0 Å². The first-order chi connectivity index (χ1) is 12.3. The summed E-state index contributed by atoms with van der Waals surface area (Å²) in [4.78, 5) is 27.9. The van der Waals surface area contributed by atoms with Crippen LogP contribution < -0.4 is 0 Å². The molecule has 26 heavy (non-hydrogen) atoms. The van der Waals surface area contributed by atoms with Crippen LogP contribution in [0.2, 0.25) is 0 Å². The molecule has 0 unspecified atom stereocenters. The molecule has 0 N–H and O–H groups in total. The smallest absolute Gasteiger partial charge is 0.342 e. The lowest BCUT2D eigenvalue weighted by Gasteiger charge is -2.33. The highest BCUT2D eigenvalue weighted by molar-refractivity contribution is 5.82. The maximum Gasteiger partial charge on any atom is 0.416 e. The number of likely N-dealkylation sites (tertiary alicyclic amines) is 1. The number of piperidine rings is 1. The van der Waals surface area contributed by atoms with Gasteiger partial charge in [-0.2, -0.15) is 13.2 Å². The van der Waals surface area contributed by atoms with Crippen molar-refractivity contribution in [3.05, 3.63) is 35.4 Å². The zero-order valence-corrected chi connectivity index (χ0v) is 14.8. The van der Waals surface area contributed by atoms with Crippen molar-refractivity contribution in [1.29, 1.82) is 0 Å². The van der Waals surface area contributed by atoms with Gasteiger partial charge in [-0.3, -0.25) is 9.59 Å². The van der Waals surface area contributed by atoms with Crippen LogP contribution in [0.5, 0.6) is 0 Å². The molecule has 3 rings (SSSR count). The van der Waals surface area contributed by atoms with Gasteiger partial charge in [-0.05, 0) is 37.3 Å². The molecule has 0 bridgehead atoms. The molecule has 2 aliphatic rings. The van der Waals surface area contributed by atoms with Crippen LogP contribution in [-0.4, -0.2) is 41.8 Å². The van der Waals surface area contributed by atoms with Gasteiger partial charge in [-0.1, -0.05) is 18.2 Å². The summed E-state index contributed by atoms with van der Waals surface area (Å²) < 4.78 is 39.3. The van der Waals surface area contributed by atoms with Gasteiger partial charge >= 0.3 is 6.18 Å². The minimum Gasteiger partial charge on any atom is -0.342 e. The van der Waals surface area contributed by atoms with Crippen molar-refractivity contribution in [3.63, 3.8) is 0 Å². The van der Waals surface area contributed by atoms with Crippen molar-refractivity contribution < 1.29 is 22.8 Å². The molecule has 1 aromatic carbocycles. The molecule has 7 heteroatoms. The Morgan fingerprint density at radius 2 is 1.69 bits per heavy atom. The van der Waals surface area contributed by atoms with Crippen LogP contribution in [0.25, 0.3) is 0 Å². The SMILES string of the molecule is CN(Cc1ccccc1C(F)(F)F)C(=O)C1CCN(C(=O)C2CC2)CC1. The van der Waals surface area contributed by atoms with E-state index in [1.165, 1.54) is 24.1 Å². The summed E-state index contributed by atoms with van der Waals surface area (Å²) in [5, 5.41) is 0. The van der Waals surface area contributed by atoms with Crippen molar-refractivity contribution in [2.75, 3.05) is 20.1 Å². The number of benzene rings is 1. The number of nitrogens with zero attached hydrogens (tertiary/aromatic N) is 2. The van der Waals surface area contributed by atoms with Crippen LogP contribution in [0.1, 0.15) is 36.8 Å². The first kappa shape index (κ1) is 18.7. The Labute approximate surface area is 151 Å². The fourth-order valence-electron chi connectivity index (χ4n) is 3.52. The normalized spacial score (nSPS) is 18.7. The van der Waals surface area contributed by atoms with E-state index in [1.807, 2.05) is 4.90 Å². The maximum absolute atomic E-state index is 13.1. The zero-order valence-electron chi connectivity index (χ0n) is 14.8. The molecule has 1 aliphatic carbocycles. The fourth-order valence-corrected chi connectivity index (χ4v) is 3.52. The Morgan fingerprint density at radius 3 is 2.27 bits per heavy atom. The molecule has 4 nitrogen and oxygen atoms in total. The van der Waals surface area contributed by atoms with Crippen molar-refractivity contribution in [2.45, 2.75) is 38.4 Å². The number of amides is 2. The van der Waals surface area contributed by atoms with E-state index in [0.717, 1.165) is 18.9 Å². The lowest BCUT2D eigenvalue weighted by molar-refractivity contribution is -0.142. The number of alkyl halides is 3. The summed E-state index contributed by atoms with van der Waals surface area (Å²) in [5.74, 6) is -0.0334. The van der Waals surface area contributed by atoms with E-state index >= 15 is 0 Å². The zero-order chi connectivity index (χ0) is 18.9. The largest absolute Gasteiger partial charge is 0.416 e. The second-order valence-corrected chi connectivity index (χ2v) is 7.22. The van der Waals surface area contributed by atoms with E-state index in [0.29, 0.717) is 25.9 Å². The first-order valence-electron chi connectivity index (χ1n) is 8.96. The predicted octanol–water partition coefficient (Wildman–Crippen LogP) is 3.31. The molecule has 1 heterocycles. The van der Waals surface area contributed by atoms with E-state index < -0.39 is 11.7 Å².